The summed E-state index contributed by atoms with van der Waals surface area (Å²) in [5.74, 6) is -0.305. The number of amides is 2. The van der Waals surface area contributed by atoms with Crippen molar-refractivity contribution >= 4 is 27.7 Å². The minimum absolute atomic E-state index is 0.0373. The second-order valence-corrected chi connectivity index (χ2v) is 5.85. The molecule has 6 heteroatoms. The van der Waals surface area contributed by atoms with E-state index in [4.69, 9.17) is 4.74 Å². The normalized spacial score (nSPS) is 10.3. The Hall–Kier alpha value is -1.40. The second kappa shape index (κ2) is 8.14. The Morgan fingerprint density at radius 1 is 1.29 bits per heavy atom. The van der Waals surface area contributed by atoms with Crippen molar-refractivity contribution in [3.63, 3.8) is 0 Å². The maximum atomic E-state index is 12.7. The maximum Gasteiger partial charge on any atom is 0.255 e. The second-order valence-electron chi connectivity index (χ2n) is 4.99. The molecule has 0 saturated carbocycles. The highest BCUT2D eigenvalue weighted by Crippen LogP contribution is 2.20. The number of likely N-dealkylation sites (N-methyl/N-ethyl adjacent to an activating group) is 1. The van der Waals surface area contributed by atoms with E-state index >= 15 is 0 Å². The molecule has 0 unspecified atom stereocenters. The van der Waals surface area contributed by atoms with Gasteiger partial charge in [-0.25, -0.2) is 0 Å². The number of carbonyl (C=O) groups is 2. The van der Waals surface area contributed by atoms with Crippen LogP contribution in [0.1, 0.15) is 15.9 Å². The van der Waals surface area contributed by atoms with E-state index in [9.17, 15) is 9.59 Å². The zero-order valence-electron chi connectivity index (χ0n) is 12.9. The van der Waals surface area contributed by atoms with Gasteiger partial charge in [-0.1, -0.05) is 11.6 Å². The largest absolute Gasteiger partial charge is 0.383 e. The molecule has 0 fully saturated rings. The molecule has 0 aliphatic heterocycles. The lowest BCUT2D eigenvalue weighted by molar-refractivity contribution is -0.129. The summed E-state index contributed by atoms with van der Waals surface area (Å²) in [5, 5.41) is 0. The summed E-state index contributed by atoms with van der Waals surface area (Å²) in [6.07, 6.45) is 0. The van der Waals surface area contributed by atoms with E-state index in [1.54, 1.807) is 21.2 Å². The predicted molar refractivity (Wildman–Crippen MR) is 85.4 cm³/mol. The molecule has 1 aromatic carbocycles. The number of rotatable bonds is 6. The van der Waals surface area contributed by atoms with Gasteiger partial charge in [0.25, 0.3) is 5.91 Å². The number of hydrogen-bond donors (Lipinski definition) is 0. The number of methoxy groups -OCH3 is 1. The molecule has 0 aliphatic carbocycles. The van der Waals surface area contributed by atoms with Crippen LogP contribution in [0, 0.1) is 6.92 Å². The molecule has 0 saturated heterocycles. The molecule has 2 amide bonds. The number of hydrogen-bond acceptors (Lipinski definition) is 3. The fourth-order valence-electron chi connectivity index (χ4n) is 1.73. The lowest BCUT2D eigenvalue weighted by Crippen LogP contribution is -2.42. The number of benzene rings is 1. The zero-order chi connectivity index (χ0) is 16.0. The van der Waals surface area contributed by atoms with E-state index < -0.39 is 0 Å². The third kappa shape index (κ3) is 5.13. The van der Waals surface area contributed by atoms with Crippen LogP contribution in [0.25, 0.3) is 0 Å². The molecule has 0 N–H and O–H groups in total. The number of nitrogens with zero attached hydrogens (tertiary/aromatic N) is 2. The van der Waals surface area contributed by atoms with Crippen LogP contribution in [-0.4, -0.2) is 62.5 Å². The molecule has 0 heterocycles. The first-order chi connectivity index (χ1) is 9.86. The van der Waals surface area contributed by atoms with Gasteiger partial charge in [-0.2, -0.15) is 0 Å². The van der Waals surface area contributed by atoms with Crippen molar-refractivity contribution < 1.29 is 14.3 Å². The molecule has 0 atom stereocenters. The fraction of sp³-hybridized carbons (Fsp3) is 0.467. The maximum absolute atomic E-state index is 12.7. The summed E-state index contributed by atoms with van der Waals surface area (Å²) < 4.78 is 5.74. The first-order valence-corrected chi connectivity index (χ1v) is 7.40. The molecule has 21 heavy (non-hydrogen) atoms. The van der Waals surface area contributed by atoms with Gasteiger partial charge in [-0.15, -0.1) is 0 Å². The van der Waals surface area contributed by atoms with Gasteiger partial charge in [0.15, 0.2) is 0 Å². The monoisotopic (exact) mass is 356 g/mol. The van der Waals surface area contributed by atoms with Crippen molar-refractivity contribution in [3.05, 3.63) is 33.8 Å². The van der Waals surface area contributed by atoms with E-state index in [1.165, 1.54) is 9.80 Å². The molecule has 0 aliphatic rings. The standard InChI is InChI=1S/C15H21BrN2O3/c1-11-5-6-13(16)12(9-11)15(20)18(7-8-21-4)10-14(19)17(2)3/h5-6,9H,7-8,10H2,1-4H3. The summed E-state index contributed by atoms with van der Waals surface area (Å²) in [6, 6.07) is 5.57. The van der Waals surface area contributed by atoms with Crippen molar-refractivity contribution in [2.75, 3.05) is 40.9 Å². The third-order valence-electron chi connectivity index (χ3n) is 3.03. The van der Waals surface area contributed by atoms with Crippen LogP contribution in [0.5, 0.6) is 0 Å². The van der Waals surface area contributed by atoms with Crippen LogP contribution < -0.4 is 0 Å². The van der Waals surface area contributed by atoms with Crippen molar-refractivity contribution in [2.45, 2.75) is 6.92 Å². The molecule has 0 radical (unpaired) electrons. The van der Waals surface area contributed by atoms with E-state index in [1.807, 2.05) is 25.1 Å². The smallest absolute Gasteiger partial charge is 0.255 e. The Labute approximate surface area is 134 Å². The minimum atomic E-state index is -0.183. The minimum Gasteiger partial charge on any atom is -0.383 e. The van der Waals surface area contributed by atoms with E-state index in [-0.39, 0.29) is 18.4 Å². The molecule has 5 nitrogen and oxygen atoms in total. The zero-order valence-corrected chi connectivity index (χ0v) is 14.4. The third-order valence-corrected chi connectivity index (χ3v) is 3.72. The van der Waals surface area contributed by atoms with Crippen LogP contribution in [0.3, 0.4) is 0 Å². The summed E-state index contributed by atoms with van der Waals surface area (Å²) >= 11 is 3.39. The Morgan fingerprint density at radius 2 is 1.95 bits per heavy atom. The number of aryl methyl sites for hydroxylation is 1. The predicted octanol–water partition coefficient (Wildman–Crippen LogP) is 1.93. The Balaban J connectivity index is 2.98. The average molecular weight is 357 g/mol. The van der Waals surface area contributed by atoms with Gasteiger partial charge in [-0.05, 0) is 35.0 Å². The van der Waals surface area contributed by atoms with E-state index in [2.05, 4.69) is 15.9 Å². The fourth-order valence-corrected chi connectivity index (χ4v) is 2.15. The molecule has 0 bridgehead atoms. The summed E-state index contributed by atoms with van der Waals surface area (Å²) in [5.41, 5.74) is 1.55. The molecule has 1 aromatic rings. The lowest BCUT2D eigenvalue weighted by Gasteiger charge is -2.24. The van der Waals surface area contributed by atoms with Crippen LogP contribution >= 0.6 is 15.9 Å². The summed E-state index contributed by atoms with van der Waals surface area (Å²) in [7, 11) is 4.91. The summed E-state index contributed by atoms with van der Waals surface area (Å²) in [4.78, 5) is 27.5. The summed E-state index contributed by atoms with van der Waals surface area (Å²) in [6.45, 7) is 2.72. The highest BCUT2D eigenvalue weighted by molar-refractivity contribution is 9.10. The van der Waals surface area contributed by atoms with Crippen LogP contribution in [0.15, 0.2) is 22.7 Å². The highest BCUT2D eigenvalue weighted by atomic mass is 79.9. The topological polar surface area (TPSA) is 49.9 Å². The number of ether oxygens (including phenoxy) is 1. The van der Waals surface area contributed by atoms with Gasteiger partial charge in [-0.3, -0.25) is 9.59 Å². The Bertz CT molecular complexity index is 518. The van der Waals surface area contributed by atoms with Gasteiger partial charge in [0, 0.05) is 32.2 Å². The number of halogens is 1. The van der Waals surface area contributed by atoms with Gasteiger partial charge >= 0.3 is 0 Å². The van der Waals surface area contributed by atoms with E-state index in [0.29, 0.717) is 18.7 Å². The molecule has 0 aromatic heterocycles. The molecular weight excluding hydrogens is 336 g/mol. The van der Waals surface area contributed by atoms with Gasteiger partial charge in [0.1, 0.15) is 6.54 Å². The Morgan fingerprint density at radius 3 is 2.52 bits per heavy atom. The van der Waals surface area contributed by atoms with E-state index in [0.717, 1.165) is 10.0 Å². The first-order valence-electron chi connectivity index (χ1n) is 6.61. The van der Waals surface area contributed by atoms with Gasteiger partial charge in [0.05, 0.1) is 12.2 Å². The Kier molecular flexibility index (Phi) is 6.84. The van der Waals surface area contributed by atoms with Crippen molar-refractivity contribution in [1.29, 1.82) is 0 Å². The van der Waals surface area contributed by atoms with Gasteiger partial charge < -0.3 is 14.5 Å². The van der Waals surface area contributed by atoms with Crippen LogP contribution in [-0.2, 0) is 9.53 Å². The average Bonchev–Trinajstić information content (AvgIpc) is 2.44. The van der Waals surface area contributed by atoms with Crippen molar-refractivity contribution in [1.82, 2.24) is 9.80 Å². The first kappa shape index (κ1) is 17.7. The SMILES string of the molecule is COCCN(CC(=O)N(C)C)C(=O)c1cc(C)ccc1Br. The van der Waals surface area contributed by atoms with Crippen LogP contribution in [0.4, 0.5) is 0 Å². The molecular formula is C15H21BrN2O3. The van der Waals surface area contributed by atoms with Gasteiger partial charge in [0.2, 0.25) is 5.91 Å². The molecule has 116 valence electrons. The number of carbonyl (C=O) groups excluding carboxylic acids is 2. The highest BCUT2D eigenvalue weighted by Gasteiger charge is 2.21. The van der Waals surface area contributed by atoms with Crippen molar-refractivity contribution in [2.24, 2.45) is 0 Å². The lowest BCUT2D eigenvalue weighted by atomic mass is 10.1. The molecule has 0 spiro atoms. The molecule has 1 rings (SSSR count). The quantitative estimate of drug-likeness (QED) is 0.782. The van der Waals surface area contributed by atoms with Crippen LogP contribution in [0.2, 0.25) is 0 Å². The van der Waals surface area contributed by atoms with Crippen molar-refractivity contribution in [3.8, 4) is 0 Å².